The van der Waals surface area contributed by atoms with Gasteiger partial charge in [-0.1, -0.05) is 0 Å². The molecular weight excluding hydrogens is 350 g/mol. The molecule has 2 aromatic rings. The van der Waals surface area contributed by atoms with E-state index in [2.05, 4.69) is 15.0 Å². The van der Waals surface area contributed by atoms with Crippen molar-refractivity contribution in [2.24, 2.45) is 0 Å². The summed E-state index contributed by atoms with van der Waals surface area (Å²) < 4.78 is 12.4. The molecule has 2 aliphatic rings. The van der Waals surface area contributed by atoms with Gasteiger partial charge in [0.05, 0.1) is 6.42 Å². The van der Waals surface area contributed by atoms with Crippen molar-refractivity contribution in [2.75, 3.05) is 5.73 Å². The Hall–Kier alpha value is -3.25. The highest BCUT2D eigenvalue weighted by molar-refractivity contribution is 5.87. The highest BCUT2D eigenvalue weighted by Gasteiger charge is 2.56. The molecule has 0 saturated carbocycles. The zero-order chi connectivity index (χ0) is 18.6. The number of hydrogen-bond donors (Lipinski definition) is 4. The van der Waals surface area contributed by atoms with Gasteiger partial charge in [-0.05, 0) is 6.08 Å². The van der Waals surface area contributed by atoms with Gasteiger partial charge < -0.3 is 30.5 Å². The molecule has 0 bridgehead atoms. The Bertz CT molecular complexity index is 956. The van der Waals surface area contributed by atoms with E-state index in [4.69, 9.17) is 20.3 Å². The fourth-order valence-electron chi connectivity index (χ4n) is 3.11. The Morgan fingerprint density at radius 3 is 2.73 bits per heavy atom. The number of nitrogens with two attached hydrogens (primary N) is 1. The SMILES string of the molecule is Nc1ncnc2c1ncn2[C@@H]1OC2=C[C@@](CC(=O)O)(C(=O)O)O[C@H]2[C@H]1O. The number of nitrogen functional groups attached to an aromatic ring is 1. The Balaban J connectivity index is 1.70. The largest absolute Gasteiger partial charge is 0.481 e. The summed E-state index contributed by atoms with van der Waals surface area (Å²) in [5.41, 5.74) is 4.26. The lowest BCUT2D eigenvalue weighted by Crippen LogP contribution is -2.43. The number of carbonyl (C=O) groups is 2. The lowest BCUT2D eigenvalue weighted by molar-refractivity contribution is -0.171. The molecule has 0 aromatic carbocycles. The molecule has 2 aromatic heterocycles. The monoisotopic (exact) mass is 363 g/mol. The number of aromatic nitrogens is 4. The van der Waals surface area contributed by atoms with Gasteiger partial charge in [0.2, 0.25) is 6.23 Å². The molecule has 12 heteroatoms. The number of rotatable bonds is 4. The van der Waals surface area contributed by atoms with Crippen LogP contribution in [0.3, 0.4) is 0 Å². The number of imidazole rings is 1. The van der Waals surface area contributed by atoms with E-state index in [0.29, 0.717) is 11.2 Å². The lowest BCUT2D eigenvalue weighted by atomic mass is 10.0. The van der Waals surface area contributed by atoms with Crippen molar-refractivity contribution in [3.63, 3.8) is 0 Å². The minimum Gasteiger partial charge on any atom is -0.481 e. The number of aliphatic hydroxyl groups is 1. The zero-order valence-corrected chi connectivity index (χ0v) is 13.0. The summed E-state index contributed by atoms with van der Waals surface area (Å²) in [6.07, 6.45) is -0.594. The normalized spacial score (nSPS) is 30.0. The van der Waals surface area contributed by atoms with Crippen LogP contribution in [0.15, 0.2) is 24.5 Å². The van der Waals surface area contributed by atoms with Gasteiger partial charge in [-0.3, -0.25) is 9.36 Å². The number of aliphatic hydroxyl groups excluding tert-OH is 1. The van der Waals surface area contributed by atoms with Gasteiger partial charge in [0.1, 0.15) is 36.1 Å². The van der Waals surface area contributed by atoms with Gasteiger partial charge in [-0.25, -0.2) is 19.7 Å². The number of fused-ring (bicyclic) bond motifs is 2. The molecule has 4 heterocycles. The average molecular weight is 363 g/mol. The molecule has 0 spiro atoms. The topological polar surface area (TPSA) is 183 Å². The molecule has 0 amide bonds. The first-order chi connectivity index (χ1) is 12.3. The van der Waals surface area contributed by atoms with Crippen LogP contribution in [0.5, 0.6) is 0 Å². The second-order valence-electron chi connectivity index (χ2n) is 5.93. The Kier molecular flexibility index (Phi) is 3.35. The molecule has 1 saturated heterocycles. The van der Waals surface area contributed by atoms with Gasteiger partial charge in [0.25, 0.3) is 0 Å². The van der Waals surface area contributed by atoms with Gasteiger partial charge >= 0.3 is 11.9 Å². The minimum absolute atomic E-state index is 0.0371. The van der Waals surface area contributed by atoms with E-state index in [-0.39, 0.29) is 11.6 Å². The van der Waals surface area contributed by atoms with E-state index in [1.165, 1.54) is 17.2 Å². The number of aliphatic carboxylic acids is 2. The van der Waals surface area contributed by atoms with Gasteiger partial charge in [-0.2, -0.15) is 0 Å². The van der Waals surface area contributed by atoms with Crippen molar-refractivity contribution in [2.45, 2.75) is 30.5 Å². The van der Waals surface area contributed by atoms with Crippen molar-refractivity contribution in [1.29, 1.82) is 0 Å². The van der Waals surface area contributed by atoms with Crippen molar-refractivity contribution >= 4 is 28.9 Å². The molecular formula is C14H13N5O7. The van der Waals surface area contributed by atoms with E-state index < -0.39 is 42.4 Å². The van der Waals surface area contributed by atoms with Gasteiger partial charge in [0, 0.05) is 0 Å². The summed E-state index contributed by atoms with van der Waals surface area (Å²) in [5, 5.41) is 28.9. The summed E-state index contributed by atoms with van der Waals surface area (Å²) >= 11 is 0. The van der Waals surface area contributed by atoms with Crippen LogP contribution >= 0.6 is 0 Å². The summed E-state index contributed by atoms with van der Waals surface area (Å²) in [5.74, 6) is -2.65. The van der Waals surface area contributed by atoms with Gasteiger partial charge in [0.15, 0.2) is 17.1 Å². The van der Waals surface area contributed by atoms with Crippen LogP contribution in [-0.4, -0.2) is 64.6 Å². The van der Waals surface area contributed by atoms with E-state index in [1.807, 2.05) is 0 Å². The number of hydrogen-bond acceptors (Lipinski definition) is 9. The molecule has 4 rings (SSSR count). The van der Waals surface area contributed by atoms with E-state index in [9.17, 15) is 19.8 Å². The third-order valence-electron chi connectivity index (χ3n) is 4.29. The maximum absolute atomic E-state index is 11.5. The fourth-order valence-corrected chi connectivity index (χ4v) is 3.11. The Morgan fingerprint density at radius 2 is 2.08 bits per heavy atom. The predicted molar refractivity (Wildman–Crippen MR) is 81.4 cm³/mol. The third kappa shape index (κ3) is 2.19. The lowest BCUT2D eigenvalue weighted by Gasteiger charge is -2.24. The first-order valence-electron chi connectivity index (χ1n) is 7.46. The standard InChI is InChI=1S/C14H13N5O7/c15-10-7-11(17-3-16-10)19(4-18-7)12-8(22)9-5(25-12)1-14(26-9,13(23)24)2-6(20)21/h1,3-4,8-9,12,22H,2H2,(H,20,21)(H,23,24)(H2,15,16,17)/t8-,9-,12-,14-/m1/s1. The van der Waals surface area contributed by atoms with Crippen LogP contribution in [0, 0.1) is 0 Å². The molecule has 0 aliphatic carbocycles. The van der Waals surface area contributed by atoms with Crippen LogP contribution in [0.25, 0.3) is 11.2 Å². The number of carboxylic acid groups (broad SMARTS) is 2. The summed E-state index contributed by atoms with van der Waals surface area (Å²) in [6.45, 7) is 0. The van der Waals surface area contributed by atoms with Crippen molar-refractivity contribution in [1.82, 2.24) is 19.5 Å². The first kappa shape index (κ1) is 16.2. The molecule has 0 unspecified atom stereocenters. The third-order valence-corrected chi connectivity index (χ3v) is 4.29. The second kappa shape index (κ2) is 5.37. The molecule has 0 radical (unpaired) electrons. The molecule has 1 fully saturated rings. The van der Waals surface area contributed by atoms with Crippen LogP contribution in [-0.2, 0) is 19.1 Å². The highest BCUT2D eigenvalue weighted by Crippen LogP contribution is 2.44. The molecule has 136 valence electrons. The highest BCUT2D eigenvalue weighted by atomic mass is 16.6. The smallest absolute Gasteiger partial charge is 0.340 e. The molecule has 5 N–H and O–H groups in total. The molecule has 4 atom stereocenters. The van der Waals surface area contributed by atoms with E-state index >= 15 is 0 Å². The van der Waals surface area contributed by atoms with Crippen LogP contribution in [0.2, 0.25) is 0 Å². The van der Waals surface area contributed by atoms with E-state index in [1.54, 1.807) is 0 Å². The number of anilines is 1. The van der Waals surface area contributed by atoms with Crippen LogP contribution in [0.1, 0.15) is 12.6 Å². The summed E-state index contributed by atoms with van der Waals surface area (Å²) in [7, 11) is 0. The Labute approximate surface area is 144 Å². The van der Waals surface area contributed by atoms with E-state index in [0.717, 1.165) is 6.08 Å². The van der Waals surface area contributed by atoms with Crippen LogP contribution in [0.4, 0.5) is 5.82 Å². The summed E-state index contributed by atoms with van der Waals surface area (Å²) in [6, 6.07) is 0. The predicted octanol–water partition coefficient (Wildman–Crippen LogP) is -1.12. The molecule has 26 heavy (non-hydrogen) atoms. The van der Waals surface area contributed by atoms with Crippen molar-refractivity contribution in [3.05, 3.63) is 24.5 Å². The minimum atomic E-state index is -2.10. The number of carboxylic acids is 2. The zero-order valence-electron chi connectivity index (χ0n) is 13.0. The number of ether oxygens (including phenoxy) is 2. The van der Waals surface area contributed by atoms with Crippen molar-refractivity contribution < 1.29 is 34.4 Å². The average Bonchev–Trinajstić information content (AvgIpc) is 3.21. The Morgan fingerprint density at radius 1 is 1.31 bits per heavy atom. The summed E-state index contributed by atoms with van der Waals surface area (Å²) in [4.78, 5) is 34.4. The van der Waals surface area contributed by atoms with Gasteiger partial charge in [-0.15, -0.1) is 0 Å². The molecule has 2 aliphatic heterocycles. The first-order valence-corrected chi connectivity index (χ1v) is 7.46. The maximum atomic E-state index is 11.5. The fraction of sp³-hybridized carbons (Fsp3) is 0.357. The maximum Gasteiger partial charge on any atom is 0.340 e. The quantitative estimate of drug-likeness (QED) is 0.516. The second-order valence-corrected chi connectivity index (χ2v) is 5.93. The number of nitrogens with zero attached hydrogens (tertiary/aromatic N) is 4. The van der Waals surface area contributed by atoms with Crippen LogP contribution < -0.4 is 5.73 Å². The molecule has 12 nitrogen and oxygen atoms in total. The van der Waals surface area contributed by atoms with Crippen molar-refractivity contribution in [3.8, 4) is 0 Å².